The Morgan fingerprint density at radius 1 is 1.03 bits per heavy atom. The maximum absolute atomic E-state index is 12.3. The van der Waals surface area contributed by atoms with E-state index in [1.807, 2.05) is 0 Å². The van der Waals surface area contributed by atoms with Gasteiger partial charge in [0.25, 0.3) is 5.56 Å². The smallest absolute Gasteiger partial charge is 0.332 e. The van der Waals surface area contributed by atoms with Crippen LogP contribution in [0.3, 0.4) is 0 Å². The summed E-state index contributed by atoms with van der Waals surface area (Å²) in [5.74, 6) is 0.808. The molecule has 0 bridgehead atoms. The maximum atomic E-state index is 12.3. The van der Waals surface area contributed by atoms with Gasteiger partial charge in [-0.3, -0.25) is 18.7 Å². The van der Waals surface area contributed by atoms with Gasteiger partial charge in [-0.1, -0.05) is 49.9 Å². The standard InChI is InChI=1S/C24H33N3O3/c1-26-22(25)21(23(29)27(2)24(26)30)16-19(28)12-7-5-3-4-6-10-17-14-15-18-11-8-9-13-20(17)18/h8-9,11,13,17H,3-7,10,12,14-16,25H2,1-2H3. The Morgan fingerprint density at radius 2 is 1.73 bits per heavy atom. The van der Waals surface area contributed by atoms with Crippen molar-refractivity contribution in [3.05, 3.63) is 61.8 Å². The zero-order chi connectivity index (χ0) is 21.7. The Labute approximate surface area is 177 Å². The third-order valence-corrected chi connectivity index (χ3v) is 6.45. The van der Waals surface area contributed by atoms with Crippen molar-refractivity contribution in [3.8, 4) is 0 Å². The number of rotatable bonds is 10. The molecule has 3 rings (SSSR count). The summed E-state index contributed by atoms with van der Waals surface area (Å²) in [6, 6.07) is 8.81. The van der Waals surface area contributed by atoms with Crippen molar-refractivity contribution in [1.82, 2.24) is 9.13 Å². The van der Waals surface area contributed by atoms with Gasteiger partial charge >= 0.3 is 5.69 Å². The molecule has 0 saturated heterocycles. The number of hydrogen-bond acceptors (Lipinski definition) is 4. The molecule has 0 fully saturated rings. The number of benzene rings is 1. The van der Waals surface area contributed by atoms with Gasteiger partial charge in [-0.05, 0) is 42.7 Å². The molecule has 2 aromatic rings. The number of nitrogens with zero attached hydrogens (tertiary/aromatic N) is 2. The lowest BCUT2D eigenvalue weighted by Gasteiger charge is -2.11. The molecule has 0 radical (unpaired) electrons. The second kappa shape index (κ2) is 9.92. The van der Waals surface area contributed by atoms with Crippen LogP contribution in [0.5, 0.6) is 0 Å². The minimum atomic E-state index is -0.477. The predicted octanol–water partition coefficient (Wildman–Crippen LogP) is 3.24. The lowest BCUT2D eigenvalue weighted by molar-refractivity contribution is -0.118. The van der Waals surface area contributed by atoms with Gasteiger partial charge in [0.05, 0.1) is 5.56 Å². The number of aryl methyl sites for hydroxylation is 1. The molecule has 0 spiro atoms. The van der Waals surface area contributed by atoms with E-state index in [4.69, 9.17) is 5.73 Å². The van der Waals surface area contributed by atoms with Gasteiger partial charge < -0.3 is 5.73 Å². The number of anilines is 1. The number of carbonyl (C=O) groups is 1. The highest BCUT2D eigenvalue weighted by molar-refractivity contribution is 5.81. The molecule has 1 atom stereocenters. The summed E-state index contributed by atoms with van der Waals surface area (Å²) in [7, 11) is 2.91. The molecule has 6 heteroatoms. The number of hydrogen-bond donors (Lipinski definition) is 1. The molecule has 6 nitrogen and oxygen atoms in total. The van der Waals surface area contributed by atoms with E-state index < -0.39 is 11.2 Å². The summed E-state index contributed by atoms with van der Waals surface area (Å²) in [4.78, 5) is 36.4. The summed E-state index contributed by atoms with van der Waals surface area (Å²) in [6.45, 7) is 0. The van der Waals surface area contributed by atoms with Crippen LogP contribution in [0.2, 0.25) is 0 Å². The van der Waals surface area contributed by atoms with Crippen LogP contribution in [-0.2, 0) is 31.7 Å². The first-order valence-electron chi connectivity index (χ1n) is 11.0. The summed E-state index contributed by atoms with van der Waals surface area (Å²) >= 11 is 0. The average molecular weight is 412 g/mol. The number of aromatic nitrogens is 2. The summed E-state index contributed by atoms with van der Waals surface area (Å²) in [5, 5.41) is 0. The van der Waals surface area contributed by atoms with Crippen LogP contribution in [0.1, 0.15) is 74.0 Å². The SMILES string of the molecule is Cn1c(N)c(CC(=O)CCCCCCCC2CCc3ccccc32)c(=O)n(C)c1=O. The van der Waals surface area contributed by atoms with Crippen molar-refractivity contribution < 1.29 is 4.79 Å². The van der Waals surface area contributed by atoms with Gasteiger partial charge in [0, 0.05) is 26.9 Å². The van der Waals surface area contributed by atoms with Crippen LogP contribution in [0, 0.1) is 0 Å². The van der Waals surface area contributed by atoms with E-state index in [1.54, 1.807) is 5.56 Å². The molecule has 0 saturated carbocycles. The fourth-order valence-electron chi connectivity index (χ4n) is 4.57. The van der Waals surface area contributed by atoms with Gasteiger partial charge in [0.15, 0.2) is 0 Å². The molecular formula is C24H33N3O3. The van der Waals surface area contributed by atoms with E-state index >= 15 is 0 Å². The number of Topliss-reactive ketones (excluding diaryl/α,β-unsaturated/α-hetero) is 1. The second-order valence-corrected chi connectivity index (χ2v) is 8.53. The van der Waals surface area contributed by atoms with Crippen LogP contribution >= 0.6 is 0 Å². The molecule has 1 aromatic carbocycles. The monoisotopic (exact) mass is 411 g/mol. The number of carbonyl (C=O) groups excluding carboxylic acids is 1. The summed E-state index contributed by atoms with van der Waals surface area (Å²) in [5.41, 5.74) is 8.23. The highest BCUT2D eigenvalue weighted by atomic mass is 16.2. The average Bonchev–Trinajstić information content (AvgIpc) is 3.16. The second-order valence-electron chi connectivity index (χ2n) is 8.53. The number of ketones is 1. The first kappa shape index (κ1) is 22.1. The zero-order valence-electron chi connectivity index (χ0n) is 18.2. The first-order chi connectivity index (χ1) is 14.4. The van der Waals surface area contributed by atoms with E-state index in [1.165, 1.54) is 56.3 Å². The van der Waals surface area contributed by atoms with E-state index in [2.05, 4.69) is 24.3 Å². The minimum absolute atomic E-state index is 0.0000108. The third-order valence-electron chi connectivity index (χ3n) is 6.45. The number of nitrogen functional groups attached to an aromatic ring is 1. The Bertz CT molecular complexity index is 1020. The predicted molar refractivity (Wildman–Crippen MR) is 120 cm³/mol. The topological polar surface area (TPSA) is 87.1 Å². The van der Waals surface area contributed by atoms with Gasteiger partial charge in [0.1, 0.15) is 11.6 Å². The van der Waals surface area contributed by atoms with E-state index in [0.717, 1.165) is 29.7 Å². The minimum Gasteiger partial charge on any atom is -0.385 e. The van der Waals surface area contributed by atoms with Crippen molar-refractivity contribution in [2.24, 2.45) is 14.1 Å². The molecule has 1 aliphatic rings. The van der Waals surface area contributed by atoms with Crippen molar-refractivity contribution in [2.45, 2.75) is 70.1 Å². The highest BCUT2D eigenvalue weighted by Gasteiger charge is 2.21. The first-order valence-corrected chi connectivity index (χ1v) is 11.0. The van der Waals surface area contributed by atoms with Crippen LogP contribution in [0.25, 0.3) is 0 Å². The van der Waals surface area contributed by atoms with Crippen LogP contribution in [-0.4, -0.2) is 14.9 Å². The molecule has 30 heavy (non-hydrogen) atoms. The molecule has 1 unspecified atom stereocenters. The van der Waals surface area contributed by atoms with Crippen molar-refractivity contribution in [2.75, 3.05) is 5.73 Å². The van der Waals surface area contributed by atoms with E-state index in [9.17, 15) is 14.4 Å². The van der Waals surface area contributed by atoms with E-state index in [0.29, 0.717) is 6.42 Å². The normalized spacial score (nSPS) is 15.3. The third kappa shape index (κ3) is 4.91. The van der Waals surface area contributed by atoms with Gasteiger partial charge in [-0.2, -0.15) is 0 Å². The van der Waals surface area contributed by atoms with Crippen LogP contribution < -0.4 is 17.0 Å². The quantitative estimate of drug-likeness (QED) is 0.608. The molecule has 0 aliphatic heterocycles. The molecule has 1 heterocycles. The number of unbranched alkanes of at least 4 members (excludes halogenated alkanes) is 4. The van der Waals surface area contributed by atoms with Crippen molar-refractivity contribution >= 4 is 11.6 Å². The fraction of sp³-hybridized carbons (Fsp3) is 0.542. The summed E-state index contributed by atoms with van der Waals surface area (Å²) in [6.07, 6.45) is 9.60. The van der Waals surface area contributed by atoms with Crippen molar-refractivity contribution in [1.29, 1.82) is 0 Å². The Balaban J connectivity index is 1.35. The molecule has 0 amide bonds. The lowest BCUT2D eigenvalue weighted by atomic mass is 9.94. The number of nitrogens with two attached hydrogens (primary N) is 1. The molecule has 1 aromatic heterocycles. The molecular weight excluding hydrogens is 378 g/mol. The largest absolute Gasteiger partial charge is 0.385 e. The summed E-state index contributed by atoms with van der Waals surface area (Å²) < 4.78 is 2.22. The van der Waals surface area contributed by atoms with Crippen LogP contribution in [0.15, 0.2) is 33.9 Å². The zero-order valence-corrected chi connectivity index (χ0v) is 18.2. The van der Waals surface area contributed by atoms with Gasteiger partial charge in [-0.25, -0.2) is 4.79 Å². The lowest BCUT2D eigenvalue weighted by Crippen LogP contribution is -2.40. The van der Waals surface area contributed by atoms with E-state index in [-0.39, 0.29) is 23.6 Å². The molecule has 2 N–H and O–H groups in total. The Kier molecular flexibility index (Phi) is 7.29. The molecule has 162 valence electrons. The van der Waals surface area contributed by atoms with Crippen LogP contribution in [0.4, 0.5) is 5.82 Å². The number of fused-ring (bicyclic) bond motifs is 1. The Hall–Kier alpha value is -2.63. The van der Waals surface area contributed by atoms with Gasteiger partial charge in [0.2, 0.25) is 0 Å². The molecule has 1 aliphatic carbocycles. The van der Waals surface area contributed by atoms with Gasteiger partial charge in [-0.15, -0.1) is 0 Å². The maximum Gasteiger partial charge on any atom is 0.332 e. The Morgan fingerprint density at radius 3 is 2.53 bits per heavy atom. The fourth-order valence-corrected chi connectivity index (χ4v) is 4.57. The van der Waals surface area contributed by atoms with Crippen molar-refractivity contribution in [3.63, 3.8) is 0 Å². The highest BCUT2D eigenvalue weighted by Crippen LogP contribution is 2.36.